The van der Waals surface area contributed by atoms with E-state index in [4.69, 9.17) is 19.8 Å². The molecule has 3 atom stereocenters. The highest BCUT2D eigenvalue weighted by molar-refractivity contribution is 6.03. The number of nitrogens with zero attached hydrogens (tertiary/aromatic N) is 10. The van der Waals surface area contributed by atoms with E-state index in [-0.39, 0.29) is 40.2 Å². The first-order valence-corrected chi connectivity index (χ1v) is 22.3. The number of benzene rings is 2. The van der Waals surface area contributed by atoms with Gasteiger partial charge in [-0.2, -0.15) is 15.3 Å². The number of aliphatic imine (C=N–C) groups is 1. The van der Waals surface area contributed by atoms with Gasteiger partial charge in [-0.3, -0.25) is 18.6 Å². The molecule has 8 heterocycles. The molecule has 18 heteroatoms. The van der Waals surface area contributed by atoms with Crippen molar-refractivity contribution < 1.29 is 28.3 Å². The minimum atomic E-state index is -1.38. The quantitative estimate of drug-likeness (QED) is 0.182. The monoisotopic (exact) mass is 883 g/mol. The number of fused-ring (bicyclic) bond motifs is 3. The van der Waals surface area contributed by atoms with Gasteiger partial charge in [0.25, 0.3) is 12.3 Å². The number of aromatic nitrogens is 8. The smallest absolute Gasteiger partial charge is 0.338 e. The van der Waals surface area contributed by atoms with Gasteiger partial charge >= 0.3 is 5.69 Å². The number of aryl methyl sites for hydroxylation is 1. The van der Waals surface area contributed by atoms with Crippen molar-refractivity contribution in [3.63, 3.8) is 0 Å². The first-order valence-electron chi connectivity index (χ1n) is 22.3. The first-order chi connectivity index (χ1) is 31.3. The Morgan fingerprint density at radius 3 is 2.55 bits per heavy atom. The second-order valence-electron chi connectivity index (χ2n) is 18.9. The number of ether oxygens (including phenoxy) is 1. The molecule has 5 aromatic heterocycles. The van der Waals surface area contributed by atoms with Crippen molar-refractivity contribution in [2.24, 2.45) is 12.0 Å². The molecule has 5 aliphatic rings. The summed E-state index contributed by atoms with van der Waals surface area (Å²) in [6, 6.07) is 11.5. The van der Waals surface area contributed by atoms with E-state index in [1.54, 1.807) is 51.8 Å². The minimum Gasteiger partial charge on any atom is -0.376 e. The zero-order valence-electron chi connectivity index (χ0n) is 36.3. The molecule has 7 aromatic rings. The Kier molecular flexibility index (Phi) is 8.78. The maximum Gasteiger partial charge on any atom is 0.338 e. The standard InChI is InChI=1S/C47H47F2N11O5/c1-25-38-35(53-60(29-7-8-34(48)31(20-29)26-5-6-26)41(38)58-17-16-57(45(58)63)37-10-9-36-33(39(37)49)24-50-55(36)4)11-15-56(25)42(61)32-21-30-19-28(27-12-18-64-46(2,3)22-27)23-51-59(30)40(32)47(13-14-47)43-52-44(62)65-54-43/h7-10,16-17,19-21,23-27,44,62H,5-6,11-15,18,22H2,1-4H3,(H,52,54)/t25-,27-,44?/m0/s1. The molecular formula is C47H47F2N11O5. The molecule has 2 aliphatic carbocycles. The summed E-state index contributed by atoms with van der Waals surface area (Å²) in [5.74, 6) is -0.0255. The average molecular weight is 884 g/mol. The molecule has 3 aliphatic heterocycles. The van der Waals surface area contributed by atoms with E-state index in [0.717, 1.165) is 36.8 Å². The average Bonchev–Trinajstić information content (AvgIpc) is 4.03. The molecule has 1 saturated heterocycles. The number of nitrogens with one attached hydrogen (secondary N) is 1. The molecule has 2 saturated carbocycles. The number of aliphatic hydroxyl groups is 1. The van der Waals surface area contributed by atoms with E-state index in [1.165, 1.54) is 27.6 Å². The van der Waals surface area contributed by atoms with Gasteiger partial charge in [0.1, 0.15) is 17.5 Å². The summed E-state index contributed by atoms with van der Waals surface area (Å²) >= 11 is 0. The third-order valence-corrected chi connectivity index (χ3v) is 14.3. The van der Waals surface area contributed by atoms with Crippen molar-refractivity contribution in [3.05, 3.63) is 123 Å². The fraction of sp³-hybridized carbons (Fsp3) is 0.404. The number of rotatable bonds is 8. The van der Waals surface area contributed by atoms with Gasteiger partial charge in [-0.25, -0.2) is 38.1 Å². The Hall–Kier alpha value is -6.50. The second kappa shape index (κ2) is 14.2. The third kappa shape index (κ3) is 6.24. The zero-order valence-corrected chi connectivity index (χ0v) is 36.3. The normalized spacial score (nSPS) is 22.4. The predicted molar refractivity (Wildman–Crippen MR) is 234 cm³/mol. The second-order valence-corrected chi connectivity index (χ2v) is 18.9. The van der Waals surface area contributed by atoms with Crippen molar-refractivity contribution in [3.8, 4) is 17.2 Å². The number of amides is 1. The molecule has 334 valence electrons. The first kappa shape index (κ1) is 40.0. The lowest BCUT2D eigenvalue weighted by Gasteiger charge is -2.35. The summed E-state index contributed by atoms with van der Waals surface area (Å²) in [5.41, 5.74) is 7.21. The molecule has 0 bridgehead atoms. The number of imidazole rings is 1. The summed E-state index contributed by atoms with van der Waals surface area (Å²) in [6.07, 6.45) is 10.1. The lowest BCUT2D eigenvalue weighted by molar-refractivity contribution is -0.102. The van der Waals surface area contributed by atoms with Crippen molar-refractivity contribution in [2.45, 2.75) is 101 Å². The molecule has 2 N–H and O–H groups in total. The maximum absolute atomic E-state index is 16.1. The van der Waals surface area contributed by atoms with Gasteiger partial charge in [-0.05, 0) is 125 Å². The molecule has 1 amide bonds. The molecule has 1 unspecified atom stereocenters. The molecule has 16 nitrogen and oxygen atoms in total. The van der Waals surface area contributed by atoms with Crippen LogP contribution in [0.3, 0.4) is 0 Å². The Morgan fingerprint density at radius 2 is 1.80 bits per heavy atom. The number of amidine groups is 1. The van der Waals surface area contributed by atoms with Crippen molar-refractivity contribution in [2.75, 3.05) is 13.2 Å². The van der Waals surface area contributed by atoms with Crippen LogP contribution in [0.15, 0.2) is 77.0 Å². The third-order valence-electron chi connectivity index (χ3n) is 14.3. The minimum absolute atomic E-state index is 0.0516. The van der Waals surface area contributed by atoms with Crippen molar-refractivity contribution in [1.29, 1.82) is 0 Å². The van der Waals surface area contributed by atoms with Crippen LogP contribution in [-0.2, 0) is 28.5 Å². The summed E-state index contributed by atoms with van der Waals surface area (Å²) < 4.78 is 45.1. The number of carbonyl (C=O) groups excluding carboxylic acids is 1. The lowest BCUT2D eigenvalue weighted by atomic mass is 9.84. The van der Waals surface area contributed by atoms with Gasteiger partial charge in [0.2, 0.25) is 0 Å². The molecule has 12 rings (SSSR count). The molecule has 65 heavy (non-hydrogen) atoms. The number of halogens is 2. The van der Waals surface area contributed by atoms with E-state index in [2.05, 4.69) is 35.5 Å². The van der Waals surface area contributed by atoms with Crippen LogP contribution in [0.4, 0.5) is 8.78 Å². The largest absolute Gasteiger partial charge is 0.376 e. The molecular weight excluding hydrogens is 837 g/mol. The van der Waals surface area contributed by atoms with Crippen molar-refractivity contribution in [1.82, 2.24) is 48.7 Å². The summed E-state index contributed by atoms with van der Waals surface area (Å²) in [5, 5.41) is 24.8. The van der Waals surface area contributed by atoms with E-state index < -0.39 is 29.4 Å². The van der Waals surface area contributed by atoms with Crippen molar-refractivity contribution >= 4 is 28.2 Å². The van der Waals surface area contributed by atoms with E-state index in [0.29, 0.717) is 83.3 Å². The molecule has 0 spiro atoms. The summed E-state index contributed by atoms with van der Waals surface area (Å²) in [4.78, 5) is 41.6. The SMILES string of the molecule is C[C@H]1c2c(nn(-c3ccc(F)c(C4CC4)c3)c2-n2ccn(-c3ccc4c(cnn4C)c3F)c2=O)CCN1C(=O)c1cc2cc([C@H]3CCOC(C)(C)C3)cnn2c1C1(C2=NC(O)ON2)CC1. The Morgan fingerprint density at radius 1 is 0.985 bits per heavy atom. The highest BCUT2D eigenvalue weighted by Gasteiger charge is 2.56. The van der Waals surface area contributed by atoms with Crippen LogP contribution in [0.5, 0.6) is 0 Å². The zero-order chi connectivity index (χ0) is 44.7. The van der Waals surface area contributed by atoms with Crippen LogP contribution < -0.4 is 11.2 Å². The number of hydroxylamine groups is 1. The van der Waals surface area contributed by atoms with E-state index in [9.17, 15) is 9.90 Å². The van der Waals surface area contributed by atoms with Gasteiger partial charge in [-0.1, -0.05) is 0 Å². The fourth-order valence-electron chi connectivity index (χ4n) is 10.6. The van der Waals surface area contributed by atoms with E-state index >= 15 is 13.6 Å². The summed E-state index contributed by atoms with van der Waals surface area (Å²) in [7, 11) is 1.72. The van der Waals surface area contributed by atoms with Gasteiger partial charge in [-0.15, -0.1) is 0 Å². The van der Waals surface area contributed by atoms with Crippen LogP contribution in [0.1, 0.15) is 116 Å². The Bertz CT molecular complexity index is 3220. The van der Waals surface area contributed by atoms with Crippen LogP contribution >= 0.6 is 0 Å². The van der Waals surface area contributed by atoms with Crippen LogP contribution in [-0.4, -0.2) is 85.2 Å². The van der Waals surface area contributed by atoms with Crippen LogP contribution in [0, 0.1) is 11.6 Å². The number of carbonyl (C=O) groups is 1. The Balaban J connectivity index is 0.989. The summed E-state index contributed by atoms with van der Waals surface area (Å²) in [6.45, 7) is 7.06. The number of hydrogen-bond acceptors (Lipinski definition) is 10. The highest BCUT2D eigenvalue weighted by atomic mass is 19.1. The number of hydrogen-bond donors (Lipinski definition) is 2. The van der Waals surface area contributed by atoms with Gasteiger partial charge in [0.15, 0.2) is 5.82 Å². The molecule has 0 radical (unpaired) electrons. The highest BCUT2D eigenvalue weighted by Crippen LogP contribution is 2.52. The van der Waals surface area contributed by atoms with E-state index in [1.807, 2.05) is 23.7 Å². The fourth-order valence-corrected chi connectivity index (χ4v) is 10.6. The molecule has 3 fully saturated rings. The molecule has 2 aromatic carbocycles. The van der Waals surface area contributed by atoms with Crippen LogP contribution in [0.25, 0.3) is 33.6 Å². The van der Waals surface area contributed by atoms with Crippen LogP contribution in [0.2, 0.25) is 0 Å². The topological polar surface area (TPSA) is 163 Å². The van der Waals surface area contributed by atoms with Gasteiger partial charge in [0, 0.05) is 44.6 Å². The maximum atomic E-state index is 16.1. The van der Waals surface area contributed by atoms with Gasteiger partial charge < -0.3 is 14.7 Å². The Labute approximate surface area is 370 Å². The lowest BCUT2D eigenvalue weighted by Crippen LogP contribution is -2.41. The predicted octanol–water partition coefficient (Wildman–Crippen LogP) is 6.18. The number of aliphatic hydroxyl groups excluding tert-OH is 1. The van der Waals surface area contributed by atoms with Gasteiger partial charge in [0.05, 0.1) is 74.2 Å².